The first-order chi connectivity index (χ1) is 13.6. The summed E-state index contributed by atoms with van der Waals surface area (Å²) in [6.07, 6.45) is 3.56. The third-order valence-electron chi connectivity index (χ3n) is 5.62. The molecule has 0 spiro atoms. The van der Waals surface area contributed by atoms with Crippen LogP contribution in [0.2, 0.25) is 0 Å². The van der Waals surface area contributed by atoms with Crippen molar-refractivity contribution in [1.82, 2.24) is 0 Å². The van der Waals surface area contributed by atoms with Crippen molar-refractivity contribution in [1.29, 1.82) is 0 Å². The van der Waals surface area contributed by atoms with E-state index in [0.717, 1.165) is 37.5 Å². The topological polar surface area (TPSA) is 17.1 Å². The molecule has 0 atom stereocenters. The molecule has 0 N–H and O–H groups in total. The maximum absolute atomic E-state index is 13.1. The highest BCUT2D eigenvalue weighted by molar-refractivity contribution is 7.24. The molecular weight excluding hydrogens is 360 g/mol. The van der Waals surface area contributed by atoms with Crippen LogP contribution in [0.3, 0.4) is 0 Å². The molecule has 5 aromatic rings. The van der Waals surface area contributed by atoms with Crippen LogP contribution in [-0.4, -0.2) is 0 Å². The van der Waals surface area contributed by atoms with E-state index in [0.29, 0.717) is 0 Å². The van der Waals surface area contributed by atoms with Crippen LogP contribution in [0.15, 0.2) is 65.5 Å². The van der Waals surface area contributed by atoms with Crippen molar-refractivity contribution in [3.05, 3.63) is 82.0 Å². The molecule has 0 bridgehead atoms. The Kier molecular flexibility index (Phi) is 4.17. The van der Waals surface area contributed by atoms with Crippen molar-refractivity contribution in [2.24, 2.45) is 0 Å². The number of rotatable bonds is 3. The van der Waals surface area contributed by atoms with Crippen molar-refractivity contribution in [2.45, 2.75) is 33.1 Å². The van der Waals surface area contributed by atoms with Crippen molar-refractivity contribution in [2.75, 3.05) is 0 Å². The quantitative estimate of drug-likeness (QED) is 0.298. The third kappa shape index (κ3) is 2.89. The zero-order valence-corrected chi connectivity index (χ0v) is 17.0. The summed E-state index contributed by atoms with van der Waals surface area (Å²) >= 11 is 1.71. The molecule has 1 heterocycles. The van der Waals surface area contributed by atoms with Gasteiger partial charge >= 0.3 is 0 Å². The molecule has 0 unspecified atom stereocenters. The zero-order chi connectivity index (χ0) is 19.3. The van der Waals surface area contributed by atoms with Crippen LogP contribution in [0.5, 0.6) is 0 Å². The lowest BCUT2D eigenvalue weighted by atomic mass is 9.99. The molecule has 0 saturated heterocycles. The summed E-state index contributed by atoms with van der Waals surface area (Å²) < 4.78 is 2.12. The summed E-state index contributed by atoms with van der Waals surface area (Å²) in [5.74, 6) is 0. The van der Waals surface area contributed by atoms with Gasteiger partial charge in [-0.05, 0) is 83.3 Å². The van der Waals surface area contributed by atoms with Gasteiger partial charge in [0.25, 0.3) is 0 Å². The van der Waals surface area contributed by atoms with Gasteiger partial charge in [-0.15, -0.1) is 11.3 Å². The highest BCUT2D eigenvalue weighted by Crippen LogP contribution is 2.31. The standard InChI is InChI=1S/C26H22OS/c1-3-4-5-17-7-8-18-12-21-15-25-23(14-20(21)13-19(18)11-17)26(27)22-10-16(2)6-9-24(22)28-25/h6-15H,3-5H2,1-2H3. The molecule has 4 aromatic carbocycles. The van der Waals surface area contributed by atoms with Gasteiger partial charge in [-0.2, -0.15) is 0 Å². The largest absolute Gasteiger partial charge is 0.289 e. The van der Waals surface area contributed by atoms with Crippen molar-refractivity contribution < 1.29 is 0 Å². The van der Waals surface area contributed by atoms with E-state index < -0.39 is 0 Å². The predicted molar refractivity (Wildman–Crippen MR) is 124 cm³/mol. The van der Waals surface area contributed by atoms with Gasteiger partial charge in [-0.25, -0.2) is 0 Å². The van der Waals surface area contributed by atoms with E-state index >= 15 is 0 Å². The number of hydrogen-bond donors (Lipinski definition) is 0. The van der Waals surface area contributed by atoms with Gasteiger partial charge in [0.1, 0.15) is 0 Å². The first-order valence-electron chi connectivity index (χ1n) is 9.96. The minimum Gasteiger partial charge on any atom is -0.289 e. The van der Waals surface area contributed by atoms with E-state index in [4.69, 9.17) is 0 Å². The highest BCUT2D eigenvalue weighted by Gasteiger charge is 2.09. The molecule has 0 aliphatic heterocycles. The number of hydrogen-bond acceptors (Lipinski definition) is 2. The van der Waals surface area contributed by atoms with Gasteiger partial charge < -0.3 is 0 Å². The summed E-state index contributed by atoms with van der Waals surface area (Å²) in [7, 11) is 0. The van der Waals surface area contributed by atoms with Crippen LogP contribution in [-0.2, 0) is 6.42 Å². The minimum atomic E-state index is 0.145. The van der Waals surface area contributed by atoms with E-state index in [1.807, 2.05) is 13.0 Å². The fourth-order valence-corrected chi connectivity index (χ4v) is 5.13. The normalized spacial score (nSPS) is 11.8. The molecule has 0 aliphatic rings. The zero-order valence-electron chi connectivity index (χ0n) is 16.2. The number of unbranched alkanes of at least 4 members (excludes halogenated alkanes) is 1. The fourth-order valence-electron chi connectivity index (χ4n) is 4.05. The van der Waals surface area contributed by atoms with E-state index in [-0.39, 0.29) is 5.43 Å². The predicted octanol–water partition coefficient (Wildman–Crippen LogP) is 7.37. The minimum absolute atomic E-state index is 0.145. The number of benzene rings is 4. The summed E-state index contributed by atoms with van der Waals surface area (Å²) in [5, 5.41) is 6.52. The van der Waals surface area contributed by atoms with Gasteiger partial charge in [-0.3, -0.25) is 4.79 Å². The van der Waals surface area contributed by atoms with Gasteiger partial charge in [-0.1, -0.05) is 43.2 Å². The molecule has 0 saturated carbocycles. The van der Waals surface area contributed by atoms with Gasteiger partial charge in [0, 0.05) is 20.2 Å². The average molecular weight is 383 g/mol. The molecule has 0 amide bonds. The second-order valence-corrected chi connectivity index (χ2v) is 8.85. The molecule has 0 radical (unpaired) electrons. The maximum atomic E-state index is 13.1. The Hall–Kier alpha value is -2.71. The SMILES string of the molecule is CCCCc1ccc2cc3cc4sc5ccc(C)cc5c(=O)c4cc3cc2c1. The second-order valence-electron chi connectivity index (χ2n) is 7.76. The Balaban J connectivity index is 1.78. The second kappa shape index (κ2) is 6.72. The summed E-state index contributed by atoms with van der Waals surface area (Å²) in [6.45, 7) is 4.27. The molecule has 28 heavy (non-hydrogen) atoms. The highest BCUT2D eigenvalue weighted by atomic mass is 32.1. The number of aryl methyl sites for hydroxylation is 2. The van der Waals surface area contributed by atoms with Crippen LogP contribution in [0.25, 0.3) is 41.7 Å². The summed E-state index contributed by atoms with van der Waals surface area (Å²) in [6, 6.07) is 21.7. The molecule has 138 valence electrons. The Morgan fingerprint density at radius 1 is 0.750 bits per heavy atom. The Morgan fingerprint density at radius 3 is 2.36 bits per heavy atom. The average Bonchev–Trinajstić information content (AvgIpc) is 2.70. The molecule has 0 aliphatic carbocycles. The van der Waals surface area contributed by atoms with Crippen LogP contribution in [0, 0.1) is 6.92 Å². The van der Waals surface area contributed by atoms with Crippen LogP contribution < -0.4 is 5.43 Å². The van der Waals surface area contributed by atoms with Gasteiger partial charge in [0.15, 0.2) is 5.43 Å². The summed E-state index contributed by atoms with van der Waals surface area (Å²) in [4.78, 5) is 13.1. The molecule has 1 nitrogen and oxygen atoms in total. The van der Waals surface area contributed by atoms with Crippen LogP contribution in [0.1, 0.15) is 30.9 Å². The molecule has 0 fully saturated rings. The lowest BCUT2D eigenvalue weighted by molar-refractivity contribution is 0.796. The van der Waals surface area contributed by atoms with Crippen molar-refractivity contribution >= 4 is 53.1 Å². The van der Waals surface area contributed by atoms with E-state index in [1.54, 1.807) is 11.3 Å². The van der Waals surface area contributed by atoms with E-state index in [9.17, 15) is 4.79 Å². The molecular formula is C26H22OS. The van der Waals surface area contributed by atoms with Crippen LogP contribution in [0.4, 0.5) is 0 Å². The Bertz CT molecular complexity index is 1430. The van der Waals surface area contributed by atoms with Crippen molar-refractivity contribution in [3.63, 3.8) is 0 Å². The van der Waals surface area contributed by atoms with Crippen molar-refractivity contribution in [3.8, 4) is 0 Å². The van der Waals surface area contributed by atoms with Crippen LogP contribution >= 0.6 is 11.3 Å². The smallest absolute Gasteiger partial charge is 0.195 e. The Morgan fingerprint density at radius 2 is 1.50 bits per heavy atom. The first-order valence-corrected chi connectivity index (χ1v) is 10.8. The van der Waals surface area contributed by atoms with E-state index in [2.05, 4.69) is 61.5 Å². The maximum Gasteiger partial charge on any atom is 0.195 e. The van der Waals surface area contributed by atoms with Gasteiger partial charge in [0.2, 0.25) is 0 Å². The third-order valence-corrected chi connectivity index (χ3v) is 6.76. The van der Waals surface area contributed by atoms with E-state index in [1.165, 1.54) is 34.6 Å². The van der Waals surface area contributed by atoms with Gasteiger partial charge in [0.05, 0.1) is 0 Å². The lowest BCUT2D eigenvalue weighted by Gasteiger charge is -2.08. The molecule has 5 rings (SSSR count). The molecule has 1 aromatic heterocycles. The molecule has 2 heteroatoms. The number of fused-ring (bicyclic) bond motifs is 4. The monoisotopic (exact) mass is 382 g/mol. The fraction of sp³-hybridized carbons (Fsp3) is 0.192. The first kappa shape index (κ1) is 17.4. The summed E-state index contributed by atoms with van der Waals surface area (Å²) in [5.41, 5.74) is 2.66. The Labute approximate surface area is 168 Å². The lowest BCUT2D eigenvalue weighted by Crippen LogP contribution is -2.01.